The number of fused-ring (bicyclic) bond motifs is 1. The highest BCUT2D eigenvalue weighted by Gasteiger charge is 2.29. The zero-order valence-electron chi connectivity index (χ0n) is 17.6. The molecule has 2 heterocycles. The van der Waals surface area contributed by atoms with Crippen LogP contribution >= 0.6 is 11.6 Å². The van der Waals surface area contributed by atoms with E-state index in [-0.39, 0.29) is 29.3 Å². The second kappa shape index (κ2) is 7.68. The predicted molar refractivity (Wildman–Crippen MR) is 117 cm³/mol. The highest BCUT2D eigenvalue weighted by atomic mass is 35.5. The maximum atomic E-state index is 15.1. The average molecular weight is 408 g/mol. The van der Waals surface area contributed by atoms with Crippen LogP contribution in [0.4, 0.5) is 10.1 Å². The van der Waals surface area contributed by atoms with Crippen LogP contribution < -0.4 is 16.1 Å². The van der Waals surface area contributed by atoms with E-state index in [2.05, 4.69) is 32.3 Å². The molecule has 0 spiro atoms. The van der Waals surface area contributed by atoms with E-state index < -0.39 is 5.82 Å². The molecule has 2 N–H and O–H groups in total. The molecule has 1 aliphatic heterocycles. The van der Waals surface area contributed by atoms with Gasteiger partial charge in [-0.15, -0.1) is 0 Å². The van der Waals surface area contributed by atoms with Gasteiger partial charge in [-0.05, 0) is 38.2 Å². The molecule has 4 nitrogen and oxygen atoms in total. The fraction of sp³-hybridized carbons (Fsp3) is 0.591. The number of nitrogens with zero attached hydrogens (tertiary/aromatic N) is 2. The Morgan fingerprint density at radius 2 is 1.82 bits per heavy atom. The van der Waals surface area contributed by atoms with Gasteiger partial charge < -0.3 is 15.2 Å². The van der Waals surface area contributed by atoms with E-state index in [0.29, 0.717) is 34.7 Å². The largest absolute Gasteiger partial charge is 0.366 e. The number of hydrogen-bond acceptors (Lipinski definition) is 3. The van der Waals surface area contributed by atoms with Gasteiger partial charge in [0.15, 0.2) is 5.43 Å². The van der Waals surface area contributed by atoms with E-state index >= 15 is 4.39 Å². The van der Waals surface area contributed by atoms with Crippen molar-refractivity contribution in [3.8, 4) is 0 Å². The standard InChI is InChI=1S/C22H31ClFN3O/c1-11(2)17-19(12(3)4)27(13(5)6)20-15(22(17)28)9-16(24)21(18(20)23)26-8-7-14(25)10-26/h9,11-14H,7-8,10,25H2,1-6H3. The summed E-state index contributed by atoms with van der Waals surface area (Å²) in [6.07, 6.45) is 0.800. The van der Waals surface area contributed by atoms with Crippen LogP contribution in [0.15, 0.2) is 10.9 Å². The average Bonchev–Trinajstić information content (AvgIpc) is 3.00. The number of hydrogen-bond donors (Lipinski definition) is 1. The molecule has 0 bridgehead atoms. The summed E-state index contributed by atoms with van der Waals surface area (Å²) in [4.78, 5) is 15.3. The Hall–Kier alpha value is -1.59. The molecule has 0 radical (unpaired) electrons. The minimum atomic E-state index is -0.453. The minimum absolute atomic E-state index is 0.00740. The zero-order valence-corrected chi connectivity index (χ0v) is 18.4. The fourth-order valence-electron chi connectivity index (χ4n) is 4.48. The van der Waals surface area contributed by atoms with Crippen molar-refractivity contribution in [3.63, 3.8) is 0 Å². The first-order chi connectivity index (χ1) is 13.1. The molecule has 0 aliphatic carbocycles. The molecule has 1 aliphatic rings. The number of rotatable bonds is 4. The Morgan fingerprint density at radius 1 is 1.18 bits per heavy atom. The Morgan fingerprint density at radius 3 is 2.29 bits per heavy atom. The topological polar surface area (TPSA) is 51.3 Å². The number of pyridine rings is 1. The molecule has 1 fully saturated rings. The Balaban J connectivity index is 2.49. The van der Waals surface area contributed by atoms with Gasteiger partial charge in [0.2, 0.25) is 0 Å². The van der Waals surface area contributed by atoms with Crippen LogP contribution in [0.2, 0.25) is 5.02 Å². The third-order valence-electron chi connectivity index (χ3n) is 5.62. The maximum Gasteiger partial charge on any atom is 0.193 e. The second-order valence-corrected chi connectivity index (χ2v) is 9.19. The Bertz CT molecular complexity index is 965. The first-order valence-corrected chi connectivity index (χ1v) is 10.5. The van der Waals surface area contributed by atoms with Gasteiger partial charge in [0.1, 0.15) is 5.82 Å². The molecule has 3 rings (SSSR count). The Labute approximate surface area is 171 Å². The highest BCUT2D eigenvalue weighted by molar-refractivity contribution is 6.38. The van der Waals surface area contributed by atoms with E-state index in [0.717, 1.165) is 17.7 Å². The van der Waals surface area contributed by atoms with Crippen LogP contribution in [0, 0.1) is 5.82 Å². The van der Waals surface area contributed by atoms with Gasteiger partial charge in [-0.3, -0.25) is 4.79 Å². The number of anilines is 1. The molecule has 0 amide bonds. The molecule has 1 saturated heterocycles. The molecule has 2 aromatic rings. The summed E-state index contributed by atoms with van der Waals surface area (Å²) in [6, 6.07) is 1.46. The lowest BCUT2D eigenvalue weighted by molar-refractivity contribution is 0.557. The summed E-state index contributed by atoms with van der Waals surface area (Å²) < 4.78 is 17.3. The van der Waals surface area contributed by atoms with Crippen molar-refractivity contribution in [2.75, 3.05) is 18.0 Å². The van der Waals surface area contributed by atoms with Crippen LogP contribution in [0.3, 0.4) is 0 Å². The highest BCUT2D eigenvalue weighted by Crippen LogP contribution is 2.40. The SMILES string of the molecule is CC(C)c1c(C(C)C)n(C(C)C)c2c(Cl)c(N3CCC(N)C3)c(F)cc2c1=O. The van der Waals surface area contributed by atoms with Gasteiger partial charge in [0, 0.05) is 36.4 Å². The van der Waals surface area contributed by atoms with Crippen molar-refractivity contribution < 1.29 is 4.39 Å². The predicted octanol–water partition coefficient (Wildman–Crippen LogP) is 5.16. The van der Waals surface area contributed by atoms with Crippen molar-refractivity contribution in [1.29, 1.82) is 0 Å². The van der Waals surface area contributed by atoms with Gasteiger partial charge in [-0.2, -0.15) is 0 Å². The maximum absolute atomic E-state index is 15.1. The third-order valence-corrected chi connectivity index (χ3v) is 5.97. The monoisotopic (exact) mass is 407 g/mol. The van der Waals surface area contributed by atoms with Crippen LogP contribution in [-0.2, 0) is 0 Å². The Kier molecular flexibility index (Phi) is 5.79. The molecule has 0 saturated carbocycles. The fourth-order valence-corrected chi connectivity index (χ4v) is 4.89. The minimum Gasteiger partial charge on any atom is -0.366 e. The lowest BCUT2D eigenvalue weighted by atomic mass is 9.91. The summed E-state index contributed by atoms with van der Waals surface area (Å²) in [5.41, 5.74) is 8.65. The van der Waals surface area contributed by atoms with Gasteiger partial charge in [-0.1, -0.05) is 39.3 Å². The van der Waals surface area contributed by atoms with Gasteiger partial charge in [0.25, 0.3) is 0 Å². The van der Waals surface area contributed by atoms with E-state index in [4.69, 9.17) is 17.3 Å². The normalized spacial score (nSPS) is 17.7. The van der Waals surface area contributed by atoms with Crippen molar-refractivity contribution >= 4 is 28.2 Å². The quantitative estimate of drug-likeness (QED) is 0.761. The number of halogens is 2. The van der Waals surface area contributed by atoms with Crippen molar-refractivity contribution in [3.05, 3.63) is 38.4 Å². The second-order valence-electron chi connectivity index (χ2n) is 8.81. The lowest BCUT2D eigenvalue weighted by Gasteiger charge is -2.29. The summed E-state index contributed by atoms with van der Waals surface area (Å²) in [5.74, 6) is -0.273. The van der Waals surface area contributed by atoms with Gasteiger partial charge in [-0.25, -0.2) is 4.39 Å². The molecule has 154 valence electrons. The van der Waals surface area contributed by atoms with E-state index in [9.17, 15) is 4.79 Å². The van der Waals surface area contributed by atoms with Gasteiger partial charge >= 0.3 is 0 Å². The van der Waals surface area contributed by atoms with E-state index in [1.54, 1.807) is 0 Å². The molecule has 1 atom stereocenters. The van der Waals surface area contributed by atoms with E-state index in [1.807, 2.05) is 18.7 Å². The number of nitrogens with two attached hydrogens (primary N) is 1. The van der Waals surface area contributed by atoms with Crippen molar-refractivity contribution in [2.45, 2.75) is 71.9 Å². The first-order valence-electron chi connectivity index (χ1n) is 10.2. The molecule has 1 aromatic carbocycles. The van der Waals surface area contributed by atoms with Gasteiger partial charge in [0.05, 0.1) is 21.6 Å². The van der Waals surface area contributed by atoms with Crippen LogP contribution in [-0.4, -0.2) is 23.7 Å². The molecular weight excluding hydrogens is 377 g/mol. The number of aromatic nitrogens is 1. The number of benzene rings is 1. The summed E-state index contributed by atoms with van der Waals surface area (Å²) in [5, 5.41) is 0.670. The molecule has 1 unspecified atom stereocenters. The van der Waals surface area contributed by atoms with Crippen molar-refractivity contribution in [1.82, 2.24) is 4.57 Å². The van der Waals surface area contributed by atoms with E-state index in [1.165, 1.54) is 6.07 Å². The van der Waals surface area contributed by atoms with Crippen LogP contribution in [0.5, 0.6) is 0 Å². The van der Waals surface area contributed by atoms with Crippen molar-refractivity contribution in [2.24, 2.45) is 5.73 Å². The summed E-state index contributed by atoms with van der Waals surface area (Å²) in [6.45, 7) is 13.6. The molecule has 6 heteroatoms. The van der Waals surface area contributed by atoms with Crippen LogP contribution in [0.1, 0.15) is 77.1 Å². The molecule has 1 aromatic heterocycles. The summed E-state index contributed by atoms with van der Waals surface area (Å²) >= 11 is 6.82. The zero-order chi connectivity index (χ0) is 20.9. The molecular formula is C22H31ClFN3O. The third kappa shape index (κ3) is 3.33. The summed E-state index contributed by atoms with van der Waals surface area (Å²) in [7, 11) is 0. The van der Waals surface area contributed by atoms with Crippen LogP contribution in [0.25, 0.3) is 10.9 Å². The smallest absolute Gasteiger partial charge is 0.193 e. The lowest BCUT2D eigenvalue weighted by Crippen LogP contribution is -2.28. The molecule has 28 heavy (non-hydrogen) atoms. The first kappa shape index (κ1) is 21.1.